The number of hydrogen-bond acceptors (Lipinski definition) is 3. The van der Waals surface area contributed by atoms with Gasteiger partial charge in [-0.15, -0.1) is 0 Å². The maximum Gasteiger partial charge on any atom is 0.162 e. The van der Waals surface area contributed by atoms with Crippen molar-refractivity contribution in [3.63, 3.8) is 0 Å². The summed E-state index contributed by atoms with van der Waals surface area (Å²) in [6.45, 7) is 0. The van der Waals surface area contributed by atoms with Gasteiger partial charge in [0.1, 0.15) is 17.0 Å². The van der Waals surface area contributed by atoms with Crippen LogP contribution >= 0.6 is 0 Å². The van der Waals surface area contributed by atoms with Crippen molar-refractivity contribution in [1.29, 1.82) is 0 Å². The van der Waals surface area contributed by atoms with Crippen molar-refractivity contribution in [2.75, 3.05) is 0 Å². The molecule has 2 aliphatic rings. The first-order chi connectivity index (χ1) is 31.2. The van der Waals surface area contributed by atoms with Gasteiger partial charge in [-0.1, -0.05) is 182 Å². The van der Waals surface area contributed by atoms with Crippen LogP contribution < -0.4 is 0 Å². The second kappa shape index (κ2) is 12.8. The van der Waals surface area contributed by atoms with Gasteiger partial charge in [0.05, 0.1) is 22.1 Å². The van der Waals surface area contributed by atoms with Gasteiger partial charge < -0.3 is 4.42 Å². The maximum atomic E-state index is 7.13. The van der Waals surface area contributed by atoms with Crippen LogP contribution in [0.5, 0.6) is 0 Å². The van der Waals surface area contributed by atoms with Crippen LogP contribution in [0.3, 0.4) is 0 Å². The molecule has 4 heteroatoms. The number of benzene rings is 9. The molecule has 12 aromatic rings. The summed E-state index contributed by atoms with van der Waals surface area (Å²) in [5, 5.41) is 4.55. The summed E-state index contributed by atoms with van der Waals surface area (Å²) in [6.07, 6.45) is 0. The van der Waals surface area contributed by atoms with E-state index in [-0.39, 0.29) is 0 Å². The van der Waals surface area contributed by atoms with Gasteiger partial charge in [-0.25, -0.2) is 9.97 Å². The van der Waals surface area contributed by atoms with Crippen LogP contribution in [0.1, 0.15) is 22.3 Å². The minimum absolute atomic E-state index is 0.435. The molecule has 1 spiro atoms. The SMILES string of the molecule is c1ccc(-c2cc(-n3c4ccccc4c4ccc(-c5cccc6c5oc5cc7c(cc56)-c5ccccc5C75c6ccccc6-c6ccccc65)cc43)nc(-c3ccccc3)n2)cc1. The lowest BCUT2D eigenvalue weighted by Gasteiger charge is -2.30. The average Bonchev–Trinajstić information content (AvgIpc) is 4.07. The van der Waals surface area contributed by atoms with E-state index in [1.54, 1.807) is 0 Å². The van der Waals surface area contributed by atoms with Gasteiger partial charge in [-0.05, 0) is 74.3 Å². The third-order valence-electron chi connectivity index (χ3n) is 13.6. The van der Waals surface area contributed by atoms with E-state index in [9.17, 15) is 0 Å². The normalized spacial score (nSPS) is 13.2. The Kier molecular flexibility index (Phi) is 7.01. The van der Waals surface area contributed by atoms with E-state index >= 15 is 0 Å². The average molecular weight is 802 g/mol. The molecule has 9 aromatic carbocycles. The molecule has 2 aliphatic carbocycles. The van der Waals surface area contributed by atoms with Gasteiger partial charge in [0.25, 0.3) is 0 Å². The molecule has 3 heterocycles. The zero-order valence-electron chi connectivity index (χ0n) is 34.0. The molecule has 0 unspecified atom stereocenters. The second-order valence-electron chi connectivity index (χ2n) is 16.8. The number of rotatable bonds is 4. The van der Waals surface area contributed by atoms with Crippen molar-refractivity contribution < 1.29 is 4.42 Å². The summed E-state index contributed by atoms with van der Waals surface area (Å²) < 4.78 is 9.43. The van der Waals surface area contributed by atoms with E-state index in [1.807, 2.05) is 24.3 Å². The first-order valence-electron chi connectivity index (χ1n) is 21.6. The van der Waals surface area contributed by atoms with Gasteiger partial charge in [0.15, 0.2) is 5.82 Å². The predicted molar refractivity (Wildman–Crippen MR) is 256 cm³/mol. The highest BCUT2D eigenvalue weighted by Gasteiger charge is 2.51. The Labute approximate surface area is 363 Å². The smallest absolute Gasteiger partial charge is 0.162 e. The molecule has 0 radical (unpaired) electrons. The molecular formula is C59H35N3O. The zero-order chi connectivity index (χ0) is 41.2. The Morgan fingerprint density at radius 2 is 0.952 bits per heavy atom. The fraction of sp³-hybridized carbons (Fsp3) is 0.0169. The molecule has 0 saturated heterocycles. The quantitative estimate of drug-likeness (QED) is 0.178. The molecule has 0 aliphatic heterocycles. The van der Waals surface area contributed by atoms with Crippen LogP contribution in [0.4, 0.5) is 0 Å². The lowest BCUT2D eigenvalue weighted by Crippen LogP contribution is -2.25. The molecule has 3 aromatic heterocycles. The largest absolute Gasteiger partial charge is 0.455 e. The maximum absolute atomic E-state index is 7.13. The van der Waals surface area contributed by atoms with Crippen molar-refractivity contribution in [3.05, 3.63) is 235 Å². The van der Waals surface area contributed by atoms with Crippen LogP contribution in [0, 0.1) is 0 Å². The Hall–Kier alpha value is -8.34. The monoisotopic (exact) mass is 801 g/mol. The third kappa shape index (κ3) is 4.69. The molecule has 63 heavy (non-hydrogen) atoms. The van der Waals surface area contributed by atoms with Gasteiger partial charge in [-0.3, -0.25) is 4.57 Å². The van der Waals surface area contributed by atoms with Gasteiger partial charge in [-0.2, -0.15) is 0 Å². The number of aromatic nitrogens is 3. The first-order valence-corrected chi connectivity index (χ1v) is 21.6. The summed E-state index contributed by atoms with van der Waals surface area (Å²) in [7, 11) is 0. The standard InChI is InChI=1S/C59H35N3O/c1-3-16-36(17-4-1)52-35-56(61-58(60-52)37-18-5-2-6-19-37)62-53-29-14-10-23-43(53)44-31-30-38(32-54(44)62)39-24-15-25-45-47-33-46-42-22-9-13-28-50(42)59(51(46)34-55(47)63-57(39)45)48-26-11-7-20-40(48)41-21-8-12-27-49(41)59/h1-35H. The Morgan fingerprint density at radius 1 is 0.365 bits per heavy atom. The van der Waals surface area contributed by atoms with Crippen LogP contribution in [-0.4, -0.2) is 14.5 Å². The molecule has 14 rings (SSSR count). The summed E-state index contributed by atoms with van der Waals surface area (Å²) in [6, 6.07) is 76.3. The number of fused-ring (bicyclic) bond motifs is 16. The first kappa shape index (κ1) is 34.4. The van der Waals surface area contributed by atoms with Gasteiger partial charge in [0, 0.05) is 44.3 Å². The van der Waals surface area contributed by atoms with Crippen LogP contribution in [-0.2, 0) is 5.41 Å². The van der Waals surface area contributed by atoms with E-state index in [4.69, 9.17) is 14.4 Å². The lowest BCUT2D eigenvalue weighted by molar-refractivity contribution is 0.667. The Balaban J connectivity index is 0.992. The molecule has 0 bridgehead atoms. The van der Waals surface area contributed by atoms with Crippen LogP contribution in [0.25, 0.3) is 106 Å². The fourth-order valence-electron chi connectivity index (χ4n) is 11.0. The summed E-state index contributed by atoms with van der Waals surface area (Å²) in [5.74, 6) is 1.49. The fourth-order valence-corrected chi connectivity index (χ4v) is 11.0. The summed E-state index contributed by atoms with van der Waals surface area (Å²) in [5.41, 5.74) is 18.9. The van der Waals surface area contributed by atoms with Crippen molar-refractivity contribution in [1.82, 2.24) is 14.5 Å². The summed E-state index contributed by atoms with van der Waals surface area (Å²) in [4.78, 5) is 10.4. The van der Waals surface area contributed by atoms with Gasteiger partial charge >= 0.3 is 0 Å². The molecule has 0 amide bonds. The van der Waals surface area contributed by atoms with E-state index in [2.05, 4.69) is 193 Å². The summed E-state index contributed by atoms with van der Waals surface area (Å²) >= 11 is 0. The zero-order valence-corrected chi connectivity index (χ0v) is 34.0. The number of furan rings is 1. The molecule has 0 fully saturated rings. The molecule has 0 atom stereocenters. The van der Waals surface area contributed by atoms with E-state index in [0.717, 1.165) is 72.1 Å². The van der Waals surface area contributed by atoms with Crippen molar-refractivity contribution in [3.8, 4) is 61.8 Å². The highest BCUT2D eigenvalue weighted by molar-refractivity contribution is 6.14. The molecular weight excluding hydrogens is 767 g/mol. The molecule has 4 nitrogen and oxygen atoms in total. The Bertz CT molecular complexity index is 3760. The minimum atomic E-state index is -0.435. The second-order valence-corrected chi connectivity index (χ2v) is 16.8. The molecule has 0 N–H and O–H groups in total. The van der Waals surface area contributed by atoms with E-state index in [1.165, 1.54) is 49.9 Å². The third-order valence-corrected chi connectivity index (χ3v) is 13.6. The number of hydrogen-bond donors (Lipinski definition) is 0. The highest BCUT2D eigenvalue weighted by Crippen LogP contribution is 2.63. The van der Waals surface area contributed by atoms with Crippen LogP contribution in [0.2, 0.25) is 0 Å². The topological polar surface area (TPSA) is 43.9 Å². The highest BCUT2D eigenvalue weighted by atomic mass is 16.3. The van der Waals surface area contributed by atoms with E-state index < -0.39 is 5.41 Å². The predicted octanol–water partition coefficient (Wildman–Crippen LogP) is 14.8. The number of para-hydroxylation sites is 2. The molecule has 292 valence electrons. The van der Waals surface area contributed by atoms with Crippen molar-refractivity contribution in [2.24, 2.45) is 0 Å². The number of nitrogens with zero attached hydrogens (tertiary/aromatic N) is 3. The van der Waals surface area contributed by atoms with Crippen molar-refractivity contribution >= 4 is 43.7 Å². The van der Waals surface area contributed by atoms with E-state index in [0.29, 0.717) is 5.82 Å². The lowest BCUT2D eigenvalue weighted by atomic mass is 9.70. The Morgan fingerprint density at radius 3 is 1.68 bits per heavy atom. The van der Waals surface area contributed by atoms with Gasteiger partial charge in [0.2, 0.25) is 0 Å². The van der Waals surface area contributed by atoms with Crippen molar-refractivity contribution in [2.45, 2.75) is 5.41 Å². The molecule has 0 saturated carbocycles. The minimum Gasteiger partial charge on any atom is -0.455 e. The van der Waals surface area contributed by atoms with Crippen LogP contribution in [0.15, 0.2) is 217 Å².